The molecule has 0 aromatic carbocycles. The molecule has 114 valence electrons. The van der Waals surface area contributed by atoms with Crippen molar-refractivity contribution in [3.63, 3.8) is 0 Å². The van der Waals surface area contributed by atoms with Gasteiger partial charge in [0, 0.05) is 31.8 Å². The third kappa shape index (κ3) is 6.24. The number of hydrogen-bond donors (Lipinski definition) is 2. The summed E-state index contributed by atoms with van der Waals surface area (Å²) in [5, 5.41) is 12.9. The van der Waals surface area contributed by atoms with Gasteiger partial charge >= 0.3 is 0 Å². The highest BCUT2D eigenvalue weighted by Crippen LogP contribution is 2.22. The Kier molecular flexibility index (Phi) is 7.96. The number of nitrogens with zero attached hydrogens (tertiary/aromatic N) is 1. The quantitative estimate of drug-likeness (QED) is 0.711. The number of piperidine rings is 1. The van der Waals surface area contributed by atoms with Crippen molar-refractivity contribution in [3.8, 4) is 0 Å². The van der Waals surface area contributed by atoms with Crippen LogP contribution in [0.1, 0.15) is 53.4 Å². The van der Waals surface area contributed by atoms with E-state index in [-0.39, 0.29) is 0 Å². The van der Waals surface area contributed by atoms with Crippen LogP contribution in [-0.4, -0.2) is 48.3 Å². The molecule has 3 heteroatoms. The summed E-state index contributed by atoms with van der Waals surface area (Å²) in [6.07, 6.45) is 4.65. The molecule has 0 bridgehead atoms. The normalized spacial score (nSPS) is 26.8. The maximum absolute atomic E-state index is 9.20. The van der Waals surface area contributed by atoms with Gasteiger partial charge in [0.1, 0.15) is 0 Å². The molecule has 0 aromatic heterocycles. The minimum absolute atomic E-state index is 0.331. The summed E-state index contributed by atoms with van der Waals surface area (Å²) in [4.78, 5) is 2.61. The van der Waals surface area contributed by atoms with Gasteiger partial charge in [-0.2, -0.15) is 0 Å². The summed E-state index contributed by atoms with van der Waals surface area (Å²) >= 11 is 0. The fraction of sp³-hybridized carbons (Fsp3) is 1.00. The Morgan fingerprint density at radius 3 is 2.58 bits per heavy atom. The highest BCUT2D eigenvalue weighted by Gasteiger charge is 2.28. The van der Waals surface area contributed by atoms with E-state index in [1.54, 1.807) is 0 Å². The van der Waals surface area contributed by atoms with E-state index >= 15 is 0 Å². The fourth-order valence-corrected chi connectivity index (χ4v) is 2.97. The van der Waals surface area contributed by atoms with E-state index in [4.69, 9.17) is 0 Å². The number of hydrogen-bond acceptors (Lipinski definition) is 3. The first-order chi connectivity index (χ1) is 9.06. The van der Waals surface area contributed by atoms with Gasteiger partial charge in [0.2, 0.25) is 0 Å². The van der Waals surface area contributed by atoms with Crippen LogP contribution < -0.4 is 5.32 Å². The number of aliphatic hydroxyl groups is 1. The molecule has 3 atom stereocenters. The minimum atomic E-state index is 0.331. The molecule has 0 amide bonds. The standard InChI is InChI=1S/C16H34N2O/c1-5-14(4)18-11-15(7-9-19)10-16(12-18)17-8-6-13(2)3/h13-17,19H,5-12H2,1-4H3. The van der Waals surface area contributed by atoms with Crippen LogP contribution in [0, 0.1) is 11.8 Å². The third-order valence-corrected chi connectivity index (χ3v) is 4.47. The smallest absolute Gasteiger partial charge is 0.0434 e. The zero-order valence-corrected chi connectivity index (χ0v) is 13.4. The van der Waals surface area contributed by atoms with E-state index in [0.717, 1.165) is 25.4 Å². The summed E-state index contributed by atoms with van der Waals surface area (Å²) in [6, 6.07) is 1.27. The van der Waals surface area contributed by atoms with Crippen LogP contribution in [0.2, 0.25) is 0 Å². The summed E-state index contributed by atoms with van der Waals surface area (Å²) in [5.41, 5.74) is 0. The van der Waals surface area contributed by atoms with Gasteiger partial charge < -0.3 is 10.4 Å². The van der Waals surface area contributed by atoms with Gasteiger partial charge in [-0.15, -0.1) is 0 Å². The topological polar surface area (TPSA) is 35.5 Å². The summed E-state index contributed by atoms with van der Waals surface area (Å²) in [7, 11) is 0. The first-order valence-corrected chi connectivity index (χ1v) is 8.15. The predicted molar refractivity (Wildman–Crippen MR) is 82.4 cm³/mol. The Labute approximate surface area is 119 Å². The Morgan fingerprint density at radius 1 is 1.26 bits per heavy atom. The van der Waals surface area contributed by atoms with Crippen molar-refractivity contribution in [3.05, 3.63) is 0 Å². The molecule has 19 heavy (non-hydrogen) atoms. The Morgan fingerprint density at radius 2 is 2.00 bits per heavy atom. The lowest BCUT2D eigenvalue weighted by atomic mass is 9.90. The number of aliphatic hydroxyl groups excluding tert-OH is 1. The summed E-state index contributed by atoms with van der Waals surface area (Å²) in [5.74, 6) is 1.43. The van der Waals surface area contributed by atoms with Gasteiger partial charge in [0.05, 0.1) is 0 Å². The second kappa shape index (κ2) is 8.93. The first-order valence-electron chi connectivity index (χ1n) is 8.15. The van der Waals surface area contributed by atoms with E-state index in [2.05, 4.69) is 37.9 Å². The van der Waals surface area contributed by atoms with E-state index in [1.165, 1.54) is 25.8 Å². The van der Waals surface area contributed by atoms with Crippen molar-refractivity contribution in [2.75, 3.05) is 26.2 Å². The SMILES string of the molecule is CCC(C)N1CC(CCO)CC(NCCC(C)C)C1. The lowest BCUT2D eigenvalue weighted by molar-refractivity contribution is 0.0886. The van der Waals surface area contributed by atoms with Crippen molar-refractivity contribution in [1.29, 1.82) is 0 Å². The van der Waals surface area contributed by atoms with Gasteiger partial charge in [0.15, 0.2) is 0 Å². The van der Waals surface area contributed by atoms with E-state index in [9.17, 15) is 5.11 Å². The van der Waals surface area contributed by atoms with Crippen LogP contribution in [0.25, 0.3) is 0 Å². The van der Waals surface area contributed by atoms with E-state index < -0.39 is 0 Å². The zero-order chi connectivity index (χ0) is 14.3. The van der Waals surface area contributed by atoms with Gasteiger partial charge in [0.25, 0.3) is 0 Å². The summed E-state index contributed by atoms with van der Waals surface area (Å²) < 4.78 is 0. The largest absolute Gasteiger partial charge is 0.396 e. The second-order valence-electron chi connectivity index (χ2n) is 6.66. The van der Waals surface area contributed by atoms with Crippen molar-refractivity contribution >= 4 is 0 Å². The lowest BCUT2D eigenvalue weighted by Crippen LogP contribution is -2.52. The van der Waals surface area contributed by atoms with Crippen molar-refractivity contribution in [2.24, 2.45) is 11.8 Å². The van der Waals surface area contributed by atoms with Crippen molar-refractivity contribution < 1.29 is 5.11 Å². The molecule has 3 nitrogen and oxygen atoms in total. The maximum Gasteiger partial charge on any atom is 0.0434 e. The second-order valence-corrected chi connectivity index (χ2v) is 6.66. The third-order valence-electron chi connectivity index (χ3n) is 4.47. The van der Waals surface area contributed by atoms with Crippen molar-refractivity contribution in [2.45, 2.75) is 65.5 Å². The van der Waals surface area contributed by atoms with Gasteiger partial charge in [-0.25, -0.2) is 0 Å². The van der Waals surface area contributed by atoms with Gasteiger partial charge in [-0.1, -0.05) is 20.8 Å². The molecule has 1 aliphatic heterocycles. The molecule has 0 saturated carbocycles. The van der Waals surface area contributed by atoms with Crippen LogP contribution in [0.3, 0.4) is 0 Å². The average Bonchev–Trinajstić information content (AvgIpc) is 2.37. The molecule has 1 saturated heterocycles. The van der Waals surface area contributed by atoms with Crippen molar-refractivity contribution in [1.82, 2.24) is 10.2 Å². The van der Waals surface area contributed by atoms with Crippen LogP contribution in [0.5, 0.6) is 0 Å². The first kappa shape index (κ1) is 16.9. The molecule has 0 radical (unpaired) electrons. The molecule has 0 aliphatic carbocycles. The average molecular weight is 270 g/mol. The molecule has 1 rings (SSSR count). The number of nitrogens with one attached hydrogen (secondary N) is 1. The fourth-order valence-electron chi connectivity index (χ4n) is 2.97. The summed E-state index contributed by atoms with van der Waals surface area (Å²) in [6.45, 7) is 13.0. The van der Waals surface area contributed by atoms with Crippen LogP contribution in [-0.2, 0) is 0 Å². The molecule has 3 unspecified atom stereocenters. The molecule has 1 heterocycles. The van der Waals surface area contributed by atoms with Crippen LogP contribution in [0.4, 0.5) is 0 Å². The lowest BCUT2D eigenvalue weighted by Gasteiger charge is -2.41. The van der Waals surface area contributed by atoms with Crippen LogP contribution >= 0.6 is 0 Å². The molecule has 2 N–H and O–H groups in total. The predicted octanol–water partition coefficient (Wildman–Crippen LogP) is 2.49. The molecular weight excluding hydrogens is 236 g/mol. The molecular formula is C16H34N2O. The van der Waals surface area contributed by atoms with E-state index in [1.807, 2.05) is 0 Å². The Balaban J connectivity index is 2.45. The number of rotatable bonds is 8. The monoisotopic (exact) mass is 270 g/mol. The Bertz CT molecular complexity index is 233. The molecule has 1 fully saturated rings. The van der Waals surface area contributed by atoms with Crippen LogP contribution in [0.15, 0.2) is 0 Å². The van der Waals surface area contributed by atoms with E-state index in [0.29, 0.717) is 24.6 Å². The zero-order valence-electron chi connectivity index (χ0n) is 13.4. The van der Waals surface area contributed by atoms with Gasteiger partial charge in [-0.3, -0.25) is 4.90 Å². The molecule has 0 aromatic rings. The minimum Gasteiger partial charge on any atom is -0.396 e. The maximum atomic E-state index is 9.20. The highest BCUT2D eigenvalue weighted by molar-refractivity contribution is 4.85. The highest BCUT2D eigenvalue weighted by atomic mass is 16.3. The molecule has 1 aliphatic rings. The number of likely N-dealkylation sites (tertiary alicyclic amines) is 1. The molecule has 0 spiro atoms. The Hall–Kier alpha value is -0.120. The van der Waals surface area contributed by atoms with Gasteiger partial charge in [-0.05, 0) is 51.0 Å².